The molecule has 0 spiro atoms. The molecule has 0 atom stereocenters. The first-order valence-corrected chi connectivity index (χ1v) is 4.89. The summed E-state index contributed by atoms with van der Waals surface area (Å²) in [5.41, 5.74) is 6.30. The van der Waals surface area contributed by atoms with Gasteiger partial charge >= 0.3 is 0 Å². The molecule has 0 radical (unpaired) electrons. The minimum Gasteiger partial charge on any atom is -0.387 e. The average Bonchev–Trinajstić information content (AvgIpc) is 2.81. The van der Waals surface area contributed by atoms with Gasteiger partial charge in [-0.2, -0.15) is 0 Å². The Balaban J connectivity index is 2.38. The first-order chi connectivity index (χ1) is 5.59. The van der Waals surface area contributed by atoms with Crippen LogP contribution in [0.15, 0.2) is 4.99 Å². The van der Waals surface area contributed by atoms with E-state index in [0.29, 0.717) is 11.3 Å². The monoisotopic (exact) mass is 168 g/mol. The molecule has 2 N–H and O–H groups in total. The van der Waals surface area contributed by atoms with E-state index in [-0.39, 0.29) is 0 Å². The Labute approximate surface area is 75.3 Å². The number of hydrogen-bond acceptors (Lipinski definition) is 1. The molecule has 1 aliphatic rings. The van der Waals surface area contributed by atoms with Crippen molar-refractivity contribution < 1.29 is 0 Å². The lowest BCUT2D eigenvalue weighted by Crippen LogP contribution is -2.20. The summed E-state index contributed by atoms with van der Waals surface area (Å²) >= 11 is 0. The second-order valence-corrected chi connectivity index (χ2v) is 4.25. The maximum atomic E-state index is 5.76. The summed E-state index contributed by atoms with van der Waals surface area (Å²) in [6.07, 6.45) is 3.94. The Hall–Kier alpha value is -0.530. The fraction of sp³-hybridized carbons (Fsp3) is 0.900. The molecule has 2 nitrogen and oxygen atoms in total. The van der Waals surface area contributed by atoms with Gasteiger partial charge in [0.1, 0.15) is 0 Å². The number of rotatable bonds is 4. The molecule has 0 aromatic heterocycles. The van der Waals surface area contributed by atoms with Crippen molar-refractivity contribution in [3.05, 3.63) is 0 Å². The molecule has 0 aliphatic heterocycles. The normalized spacial score (nSPS) is 21.5. The smallest absolute Gasteiger partial charge is 0.0963 e. The van der Waals surface area contributed by atoms with Crippen molar-refractivity contribution in [2.75, 3.05) is 6.54 Å². The molecule has 12 heavy (non-hydrogen) atoms. The molecule has 0 bridgehead atoms. The fourth-order valence-corrected chi connectivity index (χ4v) is 1.24. The zero-order valence-corrected chi connectivity index (χ0v) is 8.43. The Morgan fingerprint density at radius 2 is 2.08 bits per heavy atom. The lowest BCUT2D eigenvalue weighted by molar-refractivity contribution is 0.504. The molecule has 0 heterocycles. The van der Waals surface area contributed by atoms with E-state index in [2.05, 4.69) is 25.8 Å². The predicted molar refractivity (Wildman–Crippen MR) is 53.3 cm³/mol. The van der Waals surface area contributed by atoms with Crippen molar-refractivity contribution in [2.45, 2.75) is 40.0 Å². The van der Waals surface area contributed by atoms with E-state index in [1.165, 1.54) is 19.3 Å². The molecule has 1 fully saturated rings. The van der Waals surface area contributed by atoms with Crippen LogP contribution in [-0.4, -0.2) is 12.4 Å². The van der Waals surface area contributed by atoms with Gasteiger partial charge in [-0.05, 0) is 24.7 Å². The number of aliphatic imine (C=N–C) groups is 1. The highest BCUT2D eigenvalue weighted by molar-refractivity contribution is 5.82. The van der Waals surface area contributed by atoms with Crippen molar-refractivity contribution >= 4 is 5.84 Å². The number of amidine groups is 1. The number of hydrogen-bond donors (Lipinski definition) is 1. The number of nitrogens with two attached hydrogens (primary N) is 1. The van der Waals surface area contributed by atoms with Crippen LogP contribution in [0, 0.1) is 11.3 Å². The Morgan fingerprint density at radius 3 is 2.42 bits per heavy atom. The van der Waals surface area contributed by atoms with Crippen LogP contribution in [0.2, 0.25) is 0 Å². The average molecular weight is 168 g/mol. The van der Waals surface area contributed by atoms with E-state index in [0.717, 1.165) is 12.4 Å². The van der Waals surface area contributed by atoms with Gasteiger partial charge in [-0.25, -0.2) is 0 Å². The lowest BCUT2D eigenvalue weighted by Gasteiger charge is -2.10. The van der Waals surface area contributed by atoms with Crippen LogP contribution in [0.25, 0.3) is 0 Å². The van der Waals surface area contributed by atoms with E-state index in [1.54, 1.807) is 0 Å². The van der Waals surface area contributed by atoms with E-state index >= 15 is 0 Å². The van der Waals surface area contributed by atoms with Crippen LogP contribution in [0.4, 0.5) is 0 Å². The molecule has 0 aromatic carbocycles. The third-order valence-corrected chi connectivity index (χ3v) is 2.90. The summed E-state index contributed by atoms with van der Waals surface area (Å²) in [5, 5.41) is 0. The lowest BCUT2D eigenvalue weighted by atomic mass is 10.0. The molecule has 0 aromatic rings. The molecule has 1 rings (SSSR count). The maximum absolute atomic E-state index is 5.76. The highest BCUT2D eigenvalue weighted by atomic mass is 14.9. The quantitative estimate of drug-likeness (QED) is 0.507. The van der Waals surface area contributed by atoms with Crippen LogP contribution in [0.3, 0.4) is 0 Å². The van der Waals surface area contributed by atoms with Gasteiger partial charge in [0.2, 0.25) is 0 Å². The molecule has 1 aliphatic carbocycles. The Kier molecular flexibility index (Phi) is 2.76. The predicted octanol–water partition coefficient (Wildman–Crippen LogP) is 2.19. The number of nitrogens with zero attached hydrogens (tertiary/aromatic N) is 1. The molecule has 0 unspecified atom stereocenters. The molecule has 1 saturated carbocycles. The van der Waals surface area contributed by atoms with Gasteiger partial charge in [0.15, 0.2) is 0 Å². The van der Waals surface area contributed by atoms with Gasteiger partial charge in [0, 0.05) is 12.5 Å². The van der Waals surface area contributed by atoms with Crippen LogP contribution >= 0.6 is 0 Å². The molecule has 2 heteroatoms. The molecular weight excluding hydrogens is 148 g/mol. The first kappa shape index (κ1) is 9.56. The first-order valence-electron chi connectivity index (χ1n) is 4.89. The standard InChI is InChI=1S/C10H20N2/c1-4-10(5-6-10)7-12-9(11)8(2)3/h8H,4-7H2,1-3H3,(H2,11,12). The summed E-state index contributed by atoms with van der Waals surface area (Å²) in [4.78, 5) is 4.42. The molecular formula is C10H20N2. The van der Waals surface area contributed by atoms with Gasteiger partial charge in [0.05, 0.1) is 5.84 Å². The Morgan fingerprint density at radius 1 is 1.50 bits per heavy atom. The minimum atomic E-state index is 0.401. The largest absolute Gasteiger partial charge is 0.387 e. The van der Waals surface area contributed by atoms with Gasteiger partial charge in [0.25, 0.3) is 0 Å². The van der Waals surface area contributed by atoms with Crippen LogP contribution < -0.4 is 5.73 Å². The van der Waals surface area contributed by atoms with Gasteiger partial charge < -0.3 is 5.73 Å². The third-order valence-electron chi connectivity index (χ3n) is 2.90. The van der Waals surface area contributed by atoms with E-state index in [4.69, 9.17) is 5.73 Å². The van der Waals surface area contributed by atoms with Gasteiger partial charge in [-0.3, -0.25) is 4.99 Å². The van der Waals surface area contributed by atoms with Crippen molar-refractivity contribution in [3.63, 3.8) is 0 Å². The van der Waals surface area contributed by atoms with Gasteiger partial charge in [-0.1, -0.05) is 20.8 Å². The van der Waals surface area contributed by atoms with Crippen molar-refractivity contribution in [1.29, 1.82) is 0 Å². The highest BCUT2D eigenvalue weighted by Gasteiger charge is 2.40. The van der Waals surface area contributed by atoms with Crippen molar-refractivity contribution in [2.24, 2.45) is 22.1 Å². The highest BCUT2D eigenvalue weighted by Crippen LogP contribution is 2.48. The third kappa shape index (κ3) is 2.23. The SMILES string of the molecule is CCC1(CN=C(N)C(C)C)CC1. The second-order valence-electron chi connectivity index (χ2n) is 4.25. The van der Waals surface area contributed by atoms with E-state index < -0.39 is 0 Å². The fourth-order valence-electron chi connectivity index (χ4n) is 1.24. The zero-order valence-electron chi connectivity index (χ0n) is 8.43. The topological polar surface area (TPSA) is 38.4 Å². The van der Waals surface area contributed by atoms with E-state index in [1.807, 2.05) is 0 Å². The zero-order chi connectivity index (χ0) is 9.19. The summed E-state index contributed by atoms with van der Waals surface area (Å²) in [6.45, 7) is 7.37. The second kappa shape index (κ2) is 3.46. The molecule has 0 amide bonds. The van der Waals surface area contributed by atoms with Crippen LogP contribution in [-0.2, 0) is 0 Å². The van der Waals surface area contributed by atoms with Crippen LogP contribution in [0.5, 0.6) is 0 Å². The van der Waals surface area contributed by atoms with Crippen molar-refractivity contribution in [1.82, 2.24) is 0 Å². The minimum absolute atomic E-state index is 0.401. The molecule has 70 valence electrons. The van der Waals surface area contributed by atoms with E-state index in [9.17, 15) is 0 Å². The maximum Gasteiger partial charge on any atom is 0.0963 e. The van der Waals surface area contributed by atoms with Crippen LogP contribution in [0.1, 0.15) is 40.0 Å². The summed E-state index contributed by atoms with van der Waals surface area (Å²) < 4.78 is 0. The van der Waals surface area contributed by atoms with Crippen molar-refractivity contribution in [3.8, 4) is 0 Å². The molecule has 0 saturated heterocycles. The summed E-state index contributed by atoms with van der Waals surface area (Å²) in [6, 6.07) is 0. The van der Waals surface area contributed by atoms with Gasteiger partial charge in [-0.15, -0.1) is 0 Å². The summed E-state index contributed by atoms with van der Waals surface area (Å²) in [5.74, 6) is 1.22. The summed E-state index contributed by atoms with van der Waals surface area (Å²) in [7, 11) is 0. The Bertz CT molecular complexity index is 178.